The summed E-state index contributed by atoms with van der Waals surface area (Å²) in [5.41, 5.74) is 8.39. The van der Waals surface area contributed by atoms with Gasteiger partial charge in [0, 0.05) is 6.20 Å². The molecule has 0 bridgehead atoms. The summed E-state index contributed by atoms with van der Waals surface area (Å²) in [6.07, 6.45) is 4.07. The standard InChI is InChI=1S/C10H12N4O/c1-7-2-3-9-8(4-10(11)13-15)12-6-14(9)5-7/h2-3,5-6,15H,4H2,1H3,(H2,11,13). The number of aryl methyl sites for hydroxylation is 1. The van der Waals surface area contributed by atoms with Crippen molar-refractivity contribution in [2.45, 2.75) is 13.3 Å². The molecule has 0 spiro atoms. The molecule has 2 heterocycles. The van der Waals surface area contributed by atoms with Crippen LogP contribution in [0, 0.1) is 6.92 Å². The Labute approximate surface area is 86.8 Å². The Kier molecular flexibility index (Phi) is 2.29. The molecule has 0 aliphatic heterocycles. The van der Waals surface area contributed by atoms with Gasteiger partial charge < -0.3 is 15.3 Å². The van der Waals surface area contributed by atoms with E-state index in [4.69, 9.17) is 10.9 Å². The molecule has 5 heteroatoms. The molecule has 5 nitrogen and oxygen atoms in total. The van der Waals surface area contributed by atoms with E-state index >= 15 is 0 Å². The molecule has 15 heavy (non-hydrogen) atoms. The maximum Gasteiger partial charge on any atom is 0.145 e. The van der Waals surface area contributed by atoms with Crippen molar-refractivity contribution in [1.29, 1.82) is 0 Å². The summed E-state index contributed by atoms with van der Waals surface area (Å²) in [7, 11) is 0. The van der Waals surface area contributed by atoms with Gasteiger partial charge in [-0.15, -0.1) is 0 Å². The zero-order chi connectivity index (χ0) is 10.8. The number of hydrogen-bond acceptors (Lipinski definition) is 3. The maximum atomic E-state index is 8.48. The number of hydrogen-bond donors (Lipinski definition) is 2. The van der Waals surface area contributed by atoms with Crippen LogP contribution < -0.4 is 5.73 Å². The number of aromatic nitrogens is 2. The van der Waals surface area contributed by atoms with Gasteiger partial charge in [0.05, 0.1) is 24.0 Å². The van der Waals surface area contributed by atoms with Crippen LogP contribution in [0.15, 0.2) is 29.8 Å². The van der Waals surface area contributed by atoms with Crippen molar-refractivity contribution in [1.82, 2.24) is 9.38 Å². The van der Waals surface area contributed by atoms with E-state index in [0.29, 0.717) is 6.42 Å². The molecule has 0 saturated carbocycles. The van der Waals surface area contributed by atoms with Crippen molar-refractivity contribution in [3.8, 4) is 0 Å². The molecule has 0 aliphatic rings. The molecule has 0 aromatic carbocycles. The molecule has 2 aromatic heterocycles. The second-order valence-corrected chi connectivity index (χ2v) is 3.46. The number of pyridine rings is 1. The fraction of sp³-hybridized carbons (Fsp3) is 0.200. The highest BCUT2D eigenvalue weighted by Crippen LogP contribution is 2.11. The zero-order valence-electron chi connectivity index (χ0n) is 8.38. The Hall–Kier alpha value is -2.04. The monoisotopic (exact) mass is 204 g/mol. The number of nitrogens with two attached hydrogens (primary N) is 1. The molecule has 2 rings (SSSR count). The highest BCUT2D eigenvalue weighted by atomic mass is 16.4. The fourth-order valence-corrected chi connectivity index (χ4v) is 1.51. The zero-order valence-corrected chi connectivity index (χ0v) is 8.38. The van der Waals surface area contributed by atoms with Crippen molar-refractivity contribution < 1.29 is 5.21 Å². The van der Waals surface area contributed by atoms with Crippen molar-refractivity contribution in [2.75, 3.05) is 0 Å². The number of rotatable bonds is 2. The number of amidine groups is 1. The Morgan fingerprint density at radius 3 is 3.13 bits per heavy atom. The number of fused-ring (bicyclic) bond motifs is 1. The fourth-order valence-electron chi connectivity index (χ4n) is 1.51. The summed E-state index contributed by atoms with van der Waals surface area (Å²) in [5.74, 6) is 0.163. The predicted molar refractivity (Wildman–Crippen MR) is 57.0 cm³/mol. The van der Waals surface area contributed by atoms with Crippen LogP contribution >= 0.6 is 0 Å². The van der Waals surface area contributed by atoms with E-state index in [1.807, 2.05) is 29.7 Å². The highest BCUT2D eigenvalue weighted by Gasteiger charge is 2.06. The molecular weight excluding hydrogens is 192 g/mol. The Morgan fingerprint density at radius 1 is 1.60 bits per heavy atom. The lowest BCUT2D eigenvalue weighted by molar-refractivity contribution is 0.317. The third kappa shape index (κ3) is 1.76. The van der Waals surface area contributed by atoms with Gasteiger partial charge in [-0.2, -0.15) is 0 Å². The van der Waals surface area contributed by atoms with E-state index in [1.54, 1.807) is 6.33 Å². The van der Waals surface area contributed by atoms with E-state index in [2.05, 4.69) is 10.1 Å². The number of imidazole rings is 1. The van der Waals surface area contributed by atoms with Crippen molar-refractivity contribution in [3.05, 3.63) is 35.9 Å². The van der Waals surface area contributed by atoms with E-state index < -0.39 is 0 Å². The lowest BCUT2D eigenvalue weighted by Crippen LogP contribution is -2.15. The van der Waals surface area contributed by atoms with Crippen LogP contribution in [0.2, 0.25) is 0 Å². The lowest BCUT2D eigenvalue weighted by atomic mass is 10.2. The Morgan fingerprint density at radius 2 is 2.40 bits per heavy atom. The minimum atomic E-state index is 0.163. The van der Waals surface area contributed by atoms with E-state index in [0.717, 1.165) is 16.8 Å². The van der Waals surface area contributed by atoms with Gasteiger partial charge in [0.1, 0.15) is 5.84 Å². The van der Waals surface area contributed by atoms with E-state index in [1.165, 1.54) is 0 Å². The second-order valence-electron chi connectivity index (χ2n) is 3.46. The quantitative estimate of drug-likeness (QED) is 0.331. The topological polar surface area (TPSA) is 75.9 Å². The van der Waals surface area contributed by atoms with Gasteiger partial charge >= 0.3 is 0 Å². The smallest absolute Gasteiger partial charge is 0.145 e. The molecular formula is C10H12N4O. The highest BCUT2D eigenvalue weighted by molar-refractivity contribution is 5.83. The van der Waals surface area contributed by atoms with Crippen LogP contribution in [0.3, 0.4) is 0 Å². The maximum absolute atomic E-state index is 8.48. The minimum absolute atomic E-state index is 0.163. The lowest BCUT2D eigenvalue weighted by Gasteiger charge is -1.98. The van der Waals surface area contributed by atoms with Gasteiger partial charge in [-0.1, -0.05) is 11.2 Å². The van der Waals surface area contributed by atoms with Crippen LogP contribution in [0.4, 0.5) is 0 Å². The van der Waals surface area contributed by atoms with Gasteiger partial charge in [-0.05, 0) is 18.6 Å². The largest absolute Gasteiger partial charge is 0.409 e. The van der Waals surface area contributed by atoms with Crippen molar-refractivity contribution >= 4 is 11.4 Å². The van der Waals surface area contributed by atoms with Crippen LogP contribution in [-0.4, -0.2) is 20.4 Å². The summed E-state index contributed by atoms with van der Waals surface area (Å²) in [5, 5.41) is 11.4. The van der Waals surface area contributed by atoms with Crippen molar-refractivity contribution in [2.24, 2.45) is 10.9 Å². The minimum Gasteiger partial charge on any atom is -0.409 e. The van der Waals surface area contributed by atoms with Gasteiger partial charge in [0.15, 0.2) is 0 Å². The molecule has 0 saturated heterocycles. The van der Waals surface area contributed by atoms with Gasteiger partial charge in [0.2, 0.25) is 0 Å². The Balaban J connectivity index is 2.45. The van der Waals surface area contributed by atoms with Crippen molar-refractivity contribution in [3.63, 3.8) is 0 Å². The molecule has 0 radical (unpaired) electrons. The number of nitrogens with zero attached hydrogens (tertiary/aromatic N) is 3. The van der Waals surface area contributed by atoms with Crippen LogP contribution in [-0.2, 0) is 6.42 Å². The molecule has 78 valence electrons. The molecule has 2 aromatic rings. The van der Waals surface area contributed by atoms with Crippen LogP contribution in [0.5, 0.6) is 0 Å². The summed E-state index contributed by atoms with van der Waals surface area (Å²) >= 11 is 0. The average Bonchev–Trinajstić information content (AvgIpc) is 2.60. The predicted octanol–water partition coefficient (Wildman–Crippen LogP) is 0.932. The molecule has 0 atom stereocenters. The third-order valence-electron chi connectivity index (χ3n) is 2.24. The third-order valence-corrected chi connectivity index (χ3v) is 2.24. The molecule has 3 N–H and O–H groups in total. The molecule has 0 fully saturated rings. The summed E-state index contributed by atoms with van der Waals surface area (Å²) in [6, 6.07) is 3.98. The van der Waals surface area contributed by atoms with Crippen LogP contribution in [0.1, 0.15) is 11.3 Å². The first-order chi connectivity index (χ1) is 7.20. The summed E-state index contributed by atoms with van der Waals surface area (Å²) in [4.78, 5) is 4.22. The van der Waals surface area contributed by atoms with E-state index in [9.17, 15) is 0 Å². The van der Waals surface area contributed by atoms with Gasteiger partial charge in [-0.3, -0.25) is 0 Å². The molecule has 0 aliphatic carbocycles. The average molecular weight is 204 g/mol. The summed E-state index contributed by atoms with van der Waals surface area (Å²) in [6.45, 7) is 2.02. The normalized spacial score (nSPS) is 12.2. The van der Waals surface area contributed by atoms with E-state index in [-0.39, 0.29) is 5.84 Å². The summed E-state index contributed by atoms with van der Waals surface area (Å²) < 4.78 is 1.93. The first kappa shape index (κ1) is 9.51. The number of oxime groups is 1. The molecule has 0 unspecified atom stereocenters. The first-order valence-electron chi connectivity index (χ1n) is 4.59. The Bertz CT molecular complexity index is 515. The molecule has 0 amide bonds. The SMILES string of the molecule is Cc1ccc2c(C/C(N)=N/O)ncn2c1. The van der Waals surface area contributed by atoms with Gasteiger partial charge in [-0.25, -0.2) is 4.98 Å². The first-order valence-corrected chi connectivity index (χ1v) is 4.59. The van der Waals surface area contributed by atoms with Crippen LogP contribution in [0.25, 0.3) is 5.52 Å². The van der Waals surface area contributed by atoms with Gasteiger partial charge in [0.25, 0.3) is 0 Å². The second kappa shape index (κ2) is 3.61.